The van der Waals surface area contributed by atoms with Crippen LogP contribution in [0.1, 0.15) is 28.5 Å². The second-order valence-electron chi connectivity index (χ2n) is 4.66. The van der Waals surface area contributed by atoms with E-state index in [1.54, 1.807) is 6.92 Å². The largest absolute Gasteiger partial charge is 0.416 e. The van der Waals surface area contributed by atoms with Crippen LogP contribution in [0.5, 0.6) is 0 Å². The molecule has 1 heterocycles. The Balaban J connectivity index is 2.54. The zero-order chi connectivity index (χ0) is 15.8. The number of hydrogen-bond donors (Lipinski definition) is 0. The van der Waals surface area contributed by atoms with E-state index in [-0.39, 0.29) is 11.3 Å². The second-order valence-corrected chi connectivity index (χ2v) is 4.66. The number of hydrogen-bond acceptors (Lipinski definition) is 2. The van der Waals surface area contributed by atoms with Crippen LogP contribution in [0.3, 0.4) is 0 Å². The molecule has 0 aliphatic rings. The van der Waals surface area contributed by atoms with Gasteiger partial charge >= 0.3 is 6.18 Å². The maximum atomic E-state index is 12.5. The number of alkyl halides is 3. The minimum atomic E-state index is -4.40. The maximum absolute atomic E-state index is 12.5. The molecule has 3 nitrogen and oxygen atoms in total. The monoisotopic (exact) mass is 295 g/mol. The summed E-state index contributed by atoms with van der Waals surface area (Å²) in [6.45, 7) is 2.91. The molecule has 2 rings (SSSR count). The number of pyridine rings is 1. The van der Waals surface area contributed by atoms with Crippen molar-refractivity contribution in [3.63, 3.8) is 0 Å². The zero-order valence-corrected chi connectivity index (χ0v) is 11.4. The molecule has 0 atom stereocenters. The Morgan fingerprint density at radius 1 is 1.14 bits per heavy atom. The maximum Gasteiger partial charge on any atom is 0.416 e. The van der Waals surface area contributed by atoms with Gasteiger partial charge in [0.2, 0.25) is 0 Å². The van der Waals surface area contributed by atoms with Crippen LogP contribution in [-0.2, 0) is 6.18 Å². The first kappa shape index (κ1) is 15.0. The molecule has 2 aromatic rings. The molecular formula is C15H12F3NO2. The van der Waals surface area contributed by atoms with Crippen molar-refractivity contribution in [1.82, 2.24) is 4.57 Å². The molecule has 1 aromatic heterocycles. The number of carbonyl (C=O) groups is 1. The Morgan fingerprint density at radius 3 is 2.19 bits per heavy atom. The van der Waals surface area contributed by atoms with E-state index in [4.69, 9.17) is 0 Å². The van der Waals surface area contributed by atoms with Gasteiger partial charge in [-0.1, -0.05) is 0 Å². The fourth-order valence-corrected chi connectivity index (χ4v) is 1.99. The average Bonchev–Trinajstić information content (AvgIpc) is 2.37. The van der Waals surface area contributed by atoms with E-state index in [2.05, 4.69) is 0 Å². The van der Waals surface area contributed by atoms with Gasteiger partial charge in [0.1, 0.15) is 0 Å². The van der Waals surface area contributed by atoms with Crippen LogP contribution in [0, 0.1) is 6.92 Å². The van der Waals surface area contributed by atoms with Crippen LogP contribution >= 0.6 is 0 Å². The summed E-state index contributed by atoms with van der Waals surface area (Å²) < 4.78 is 39.1. The van der Waals surface area contributed by atoms with Crippen LogP contribution in [0.4, 0.5) is 13.2 Å². The van der Waals surface area contributed by atoms with E-state index < -0.39 is 17.2 Å². The molecule has 0 bridgehead atoms. The summed E-state index contributed by atoms with van der Waals surface area (Å²) in [7, 11) is 0. The summed E-state index contributed by atoms with van der Waals surface area (Å²) in [5.74, 6) is -0.388. The topological polar surface area (TPSA) is 39.1 Å². The lowest BCUT2D eigenvalue weighted by Crippen LogP contribution is -2.17. The van der Waals surface area contributed by atoms with Gasteiger partial charge in [-0.25, -0.2) is 0 Å². The predicted molar refractivity (Wildman–Crippen MR) is 71.8 cm³/mol. The summed E-state index contributed by atoms with van der Waals surface area (Å²) in [5.41, 5.74) is -0.173. The number of aromatic nitrogens is 1. The molecule has 0 saturated heterocycles. The zero-order valence-electron chi connectivity index (χ0n) is 11.4. The molecule has 21 heavy (non-hydrogen) atoms. The molecule has 0 fully saturated rings. The van der Waals surface area contributed by atoms with E-state index in [9.17, 15) is 22.8 Å². The van der Waals surface area contributed by atoms with E-state index in [0.29, 0.717) is 11.4 Å². The van der Waals surface area contributed by atoms with Gasteiger partial charge in [-0.2, -0.15) is 13.2 Å². The van der Waals surface area contributed by atoms with Crippen LogP contribution in [0.15, 0.2) is 41.3 Å². The average molecular weight is 295 g/mol. The van der Waals surface area contributed by atoms with E-state index in [1.165, 1.54) is 35.9 Å². The number of carbonyl (C=O) groups excluding carboxylic acids is 1. The summed E-state index contributed by atoms with van der Waals surface area (Å²) >= 11 is 0. The molecule has 0 radical (unpaired) electrons. The quantitative estimate of drug-likeness (QED) is 0.797. The first-order chi connectivity index (χ1) is 9.70. The highest BCUT2D eigenvalue weighted by Crippen LogP contribution is 2.29. The van der Waals surface area contributed by atoms with Crippen molar-refractivity contribution >= 4 is 5.78 Å². The van der Waals surface area contributed by atoms with Crippen molar-refractivity contribution in [2.24, 2.45) is 0 Å². The van der Waals surface area contributed by atoms with Gasteiger partial charge in [0.05, 0.1) is 11.1 Å². The molecule has 0 aliphatic carbocycles. The number of aryl methyl sites for hydroxylation is 1. The third-order valence-electron chi connectivity index (χ3n) is 3.10. The van der Waals surface area contributed by atoms with Crippen molar-refractivity contribution in [1.29, 1.82) is 0 Å². The Labute approximate surface area is 118 Å². The molecule has 6 heteroatoms. The number of rotatable bonds is 2. The van der Waals surface area contributed by atoms with Crippen molar-refractivity contribution in [2.45, 2.75) is 20.0 Å². The molecule has 1 aromatic carbocycles. The van der Waals surface area contributed by atoms with Crippen LogP contribution in [-0.4, -0.2) is 10.4 Å². The number of benzene rings is 1. The molecule has 0 saturated carbocycles. The molecule has 0 amide bonds. The summed E-state index contributed by atoms with van der Waals surface area (Å²) in [6, 6.07) is 5.80. The predicted octanol–water partition coefficient (Wildman–Crippen LogP) is 3.37. The minimum absolute atomic E-state index is 0.000461. The van der Waals surface area contributed by atoms with Crippen molar-refractivity contribution in [3.05, 3.63) is 63.6 Å². The smallest absolute Gasteiger partial charge is 0.320 e. The standard InChI is InChI=1S/C15H12F3NO2/c1-9-7-14(21)13(10(2)20)8-19(9)12-5-3-11(4-6-12)15(16,17)18/h3-8H,1-2H3. The Hall–Kier alpha value is -2.37. The molecule has 0 spiro atoms. The second kappa shape index (κ2) is 5.20. The third-order valence-corrected chi connectivity index (χ3v) is 3.10. The van der Waals surface area contributed by atoms with E-state index in [0.717, 1.165) is 12.1 Å². The van der Waals surface area contributed by atoms with Gasteiger partial charge in [0.15, 0.2) is 11.2 Å². The lowest BCUT2D eigenvalue weighted by Gasteiger charge is -2.13. The fraction of sp³-hybridized carbons (Fsp3) is 0.200. The molecule has 0 aliphatic heterocycles. The highest BCUT2D eigenvalue weighted by atomic mass is 19.4. The normalized spacial score (nSPS) is 11.5. The van der Waals surface area contributed by atoms with E-state index >= 15 is 0 Å². The summed E-state index contributed by atoms with van der Waals surface area (Å²) in [5, 5.41) is 0. The van der Waals surface area contributed by atoms with E-state index in [1.807, 2.05) is 0 Å². The number of Topliss-reactive ketones (excluding diaryl/α,β-unsaturated/α-hetero) is 1. The first-order valence-electron chi connectivity index (χ1n) is 6.12. The number of halogens is 3. The molecular weight excluding hydrogens is 283 g/mol. The van der Waals surface area contributed by atoms with Gasteiger partial charge in [0.25, 0.3) is 0 Å². The fourth-order valence-electron chi connectivity index (χ4n) is 1.99. The third kappa shape index (κ3) is 3.04. The molecule has 0 unspecified atom stereocenters. The van der Waals surface area contributed by atoms with Crippen molar-refractivity contribution < 1.29 is 18.0 Å². The van der Waals surface area contributed by atoms with Crippen LogP contribution in [0.2, 0.25) is 0 Å². The van der Waals surface area contributed by atoms with Gasteiger partial charge < -0.3 is 4.57 Å². The van der Waals surface area contributed by atoms with Gasteiger partial charge in [-0.05, 0) is 38.1 Å². The van der Waals surface area contributed by atoms with Crippen molar-refractivity contribution in [3.8, 4) is 5.69 Å². The van der Waals surface area contributed by atoms with Gasteiger partial charge in [-0.3, -0.25) is 9.59 Å². The lowest BCUT2D eigenvalue weighted by molar-refractivity contribution is -0.137. The highest BCUT2D eigenvalue weighted by molar-refractivity contribution is 5.93. The summed E-state index contributed by atoms with van der Waals surface area (Å²) in [6.07, 6.45) is -3.05. The number of nitrogens with zero attached hydrogens (tertiary/aromatic N) is 1. The highest BCUT2D eigenvalue weighted by Gasteiger charge is 2.30. The van der Waals surface area contributed by atoms with Gasteiger partial charge in [-0.15, -0.1) is 0 Å². The minimum Gasteiger partial charge on any atom is -0.320 e. The Kier molecular flexibility index (Phi) is 3.72. The first-order valence-corrected chi connectivity index (χ1v) is 6.12. The molecule has 110 valence electrons. The Bertz CT molecular complexity index is 743. The van der Waals surface area contributed by atoms with Gasteiger partial charge in [0, 0.05) is 23.6 Å². The Morgan fingerprint density at radius 2 is 1.71 bits per heavy atom. The van der Waals surface area contributed by atoms with Crippen LogP contribution in [0.25, 0.3) is 5.69 Å². The van der Waals surface area contributed by atoms with Crippen LogP contribution < -0.4 is 5.43 Å². The lowest BCUT2D eigenvalue weighted by atomic mass is 10.1. The summed E-state index contributed by atoms with van der Waals surface area (Å²) in [4.78, 5) is 23.1. The SMILES string of the molecule is CC(=O)c1cn(-c2ccc(C(F)(F)F)cc2)c(C)cc1=O. The number of ketones is 1. The molecule has 0 N–H and O–H groups in total. The van der Waals surface area contributed by atoms with Crippen molar-refractivity contribution in [2.75, 3.05) is 0 Å².